The predicted octanol–water partition coefficient (Wildman–Crippen LogP) is 1.01. The number of nitrogens with zero attached hydrogens (tertiary/aromatic N) is 2. The average molecular weight is 168 g/mol. The smallest absolute Gasteiger partial charge is 0.0864 e. The molecule has 12 heavy (non-hydrogen) atoms. The third kappa shape index (κ3) is 3.21. The summed E-state index contributed by atoms with van der Waals surface area (Å²) < 4.78 is 5.54. The largest absolute Gasteiger partial charge is 0.377 e. The molecule has 1 unspecified atom stereocenters. The standard InChI is InChI=1S/C9H16N2O/c1-11(6-5-10)8-9-4-2-3-7-12-9/h9H,2-4,6-8H2,1H3. The molecule has 0 aromatic heterocycles. The van der Waals surface area contributed by atoms with Gasteiger partial charge in [0.05, 0.1) is 18.7 Å². The molecule has 0 radical (unpaired) electrons. The number of hydrogen-bond donors (Lipinski definition) is 0. The van der Waals surface area contributed by atoms with E-state index in [1.807, 2.05) is 11.9 Å². The summed E-state index contributed by atoms with van der Waals surface area (Å²) in [6.45, 7) is 2.29. The number of nitriles is 1. The monoisotopic (exact) mass is 168 g/mol. The van der Waals surface area contributed by atoms with Gasteiger partial charge >= 0.3 is 0 Å². The zero-order valence-corrected chi connectivity index (χ0v) is 7.62. The maximum absolute atomic E-state index is 8.43. The SMILES string of the molecule is CN(CC#N)CC1CCCCO1. The van der Waals surface area contributed by atoms with Crippen molar-refractivity contribution in [1.29, 1.82) is 5.26 Å². The van der Waals surface area contributed by atoms with E-state index >= 15 is 0 Å². The van der Waals surface area contributed by atoms with E-state index in [9.17, 15) is 0 Å². The summed E-state index contributed by atoms with van der Waals surface area (Å²) >= 11 is 0. The molecule has 68 valence electrons. The molecule has 0 saturated carbocycles. The lowest BCUT2D eigenvalue weighted by atomic mass is 10.1. The molecule has 1 heterocycles. The van der Waals surface area contributed by atoms with Gasteiger partial charge in [-0.2, -0.15) is 5.26 Å². The second kappa shape index (κ2) is 5.13. The topological polar surface area (TPSA) is 36.3 Å². The molecule has 0 aliphatic carbocycles. The van der Waals surface area contributed by atoms with Crippen LogP contribution in [0.4, 0.5) is 0 Å². The Morgan fingerprint density at radius 2 is 2.42 bits per heavy atom. The van der Waals surface area contributed by atoms with Crippen molar-refractivity contribution in [2.45, 2.75) is 25.4 Å². The third-order valence-electron chi connectivity index (χ3n) is 2.13. The highest BCUT2D eigenvalue weighted by Gasteiger charge is 2.15. The Bertz CT molecular complexity index is 158. The van der Waals surface area contributed by atoms with Crippen LogP contribution in [0.2, 0.25) is 0 Å². The van der Waals surface area contributed by atoms with Crippen LogP contribution in [0.3, 0.4) is 0 Å². The second-order valence-electron chi connectivity index (χ2n) is 3.34. The van der Waals surface area contributed by atoms with Crippen LogP contribution in [0.25, 0.3) is 0 Å². The molecule has 0 spiro atoms. The molecule has 0 amide bonds. The van der Waals surface area contributed by atoms with Crippen LogP contribution in [-0.2, 0) is 4.74 Å². The van der Waals surface area contributed by atoms with Gasteiger partial charge in [-0.25, -0.2) is 0 Å². The Kier molecular flexibility index (Phi) is 4.06. The van der Waals surface area contributed by atoms with Crippen molar-refractivity contribution >= 4 is 0 Å². The highest BCUT2D eigenvalue weighted by atomic mass is 16.5. The van der Waals surface area contributed by atoms with Crippen LogP contribution >= 0.6 is 0 Å². The minimum Gasteiger partial charge on any atom is -0.377 e. The van der Waals surface area contributed by atoms with Crippen LogP contribution in [0, 0.1) is 11.3 Å². The molecule has 1 aliphatic rings. The Hall–Kier alpha value is -0.590. The molecule has 3 nitrogen and oxygen atoms in total. The number of likely N-dealkylation sites (N-methyl/N-ethyl adjacent to an activating group) is 1. The van der Waals surface area contributed by atoms with Crippen LogP contribution in [0.5, 0.6) is 0 Å². The van der Waals surface area contributed by atoms with E-state index in [2.05, 4.69) is 6.07 Å². The highest BCUT2D eigenvalue weighted by Crippen LogP contribution is 2.12. The molecular formula is C9H16N2O. The summed E-state index contributed by atoms with van der Waals surface area (Å²) in [7, 11) is 1.96. The van der Waals surface area contributed by atoms with E-state index < -0.39 is 0 Å². The summed E-state index contributed by atoms with van der Waals surface area (Å²) in [5.74, 6) is 0. The van der Waals surface area contributed by atoms with Gasteiger partial charge < -0.3 is 4.74 Å². The zero-order chi connectivity index (χ0) is 8.81. The molecule has 0 aromatic carbocycles. The van der Waals surface area contributed by atoms with Crippen molar-refractivity contribution in [2.75, 3.05) is 26.7 Å². The summed E-state index contributed by atoms with van der Waals surface area (Å²) in [4.78, 5) is 2.01. The van der Waals surface area contributed by atoms with Crippen molar-refractivity contribution in [2.24, 2.45) is 0 Å². The lowest BCUT2D eigenvalue weighted by Gasteiger charge is -2.25. The first kappa shape index (κ1) is 9.50. The summed E-state index contributed by atoms with van der Waals surface area (Å²) in [6.07, 6.45) is 3.97. The van der Waals surface area contributed by atoms with Crippen LogP contribution in [-0.4, -0.2) is 37.7 Å². The maximum Gasteiger partial charge on any atom is 0.0864 e. The average Bonchev–Trinajstić information content (AvgIpc) is 2.06. The van der Waals surface area contributed by atoms with E-state index in [0.717, 1.165) is 19.6 Å². The first-order valence-corrected chi connectivity index (χ1v) is 4.50. The van der Waals surface area contributed by atoms with Crippen LogP contribution < -0.4 is 0 Å². The van der Waals surface area contributed by atoms with Gasteiger partial charge in [0.25, 0.3) is 0 Å². The van der Waals surface area contributed by atoms with Crippen LogP contribution in [0.1, 0.15) is 19.3 Å². The molecule has 1 fully saturated rings. The number of ether oxygens (including phenoxy) is 1. The molecule has 0 N–H and O–H groups in total. The van der Waals surface area contributed by atoms with E-state index in [4.69, 9.17) is 10.00 Å². The summed E-state index contributed by atoms with van der Waals surface area (Å²) in [5, 5.41) is 8.43. The Morgan fingerprint density at radius 3 is 3.00 bits per heavy atom. The predicted molar refractivity (Wildman–Crippen MR) is 46.7 cm³/mol. The van der Waals surface area contributed by atoms with Gasteiger partial charge in [0.1, 0.15) is 0 Å². The van der Waals surface area contributed by atoms with E-state index in [1.165, 1.54) is 12.8 Å². The molecule has 0 bridgehead atoms. The fourth-order valence-electron chi connectivity index (χ4n) is 1.48. The fourth-order valence-corrected chi connectivity index (χ4v) is 1.48. The van der Waals surface area contributed by atoms with E-state index in [1.54, 1.807) is 0 Å². The van der Waals surface area contributed by atoms with Crippen molar-refractivity contribution in [1.82, 2.24) is 4.90 Å². The quantitative estimate of drug-likeness (QED) is 0.590. The fraction of sp³-hybridized carbons (Fsp3) is 0.889. The van der Waals surface area contributed by atoms with Crippen molar-refractivity contribution in [3.05, 3.63) is 0 Å². The molecule has 0 aromatic rings. The number of hydrogen-bond acceptors (Lipinski definition) is 3. The zero-order valence-electron chi connectivity index (χ0n) is 7.62. The second-order valence-corrected chi connectivity index (χ2v) is 3.34. The molecule has 3 heteroatoms. The van der Waals surface area contributed by atoms with Crippen molar-refractivity contribution in [3.63, 3.8) is 0 Å². The molecule has 1 aliphatic heterocycles. The van der Waals surface area contributed by atoms with E-state index in [-0.39, 0.29) is 0 Å². The normalized spacial score (nSPS) is 23.9. The first-order chi connectivity index (χ1) is 5.83. The third-order valence-corrected chi connectivity index (χ3v) is 2.13. The molecule has 1 atom stereocenters. The van der Waals surface area contributed by atoms with Gasteiger partial charge in [0.15, 0.2) is 0 Å². The first-order valence-electron chi connectivity index (χ1n) is 4.50. The van der Waals surface area contributed by atoms with E-state index in [0.29, 0.717) is 12.6 Å². The minimum atomic E-state index is 0.358. The Morgan fingerprint density at radius 1 is 1.58 bits per heavy atom. The molecule has 1 rings (SSSR count). The van der Waals surface area contributed by atoms with Gasteiger partial charge in [-0.15, -0.1) is 0 Å². The summed E-state index contributed by atoms with van der Waals surface area (Å²) in [5.41, 5.74) is 0. The Labute approximate surface area is 73.9 Å². The number of rotatable bonds is 3. The van der Waals surface area contributed by atoms with Gasteiger partial charge in [0, 0.05) is 13.2 Å². The molecule has 1 saturated heterocycles. The molecular weight excluding hydrogens is 152 g/mol. The van der Waals surface area contributed by atoms with Crippen LogP contribution in [0.15, 0.2) is 0 Å². The minimum absolute atomic E-state index is 0.358. The van der Waals surface area contributed by atoms with Gasteiger partial charge in [0.2, 0.25) is 0 Å². The lowest BCUT2D eigenvalue weighted by molar-refractivity contribution is 0.000409. The summed E-state index contributed by atoms with van der Waals surface area (Å²) in [6, 6.07) is 2.13. The van der Waals surface area contributed by atoms with Gasteiger partial charge in [-0.1, -0.05) is 0 Å². The van der Waals surface area contributed by atoms with Gasteiger partial charge in [-0.3, -0.25) is 4.90 Å². The van der Waals surface area contributed by atoms with Gasteiger partial charge in [-0.05, 0) is 26.3 Å². The highest BCUT2D eigenvalue weighted by molar-refractivity contribution is 4.76. The van der Waals surface area contributed by atoms with Crippen molar-refractivity contribution < 1.29 is 4.74 Å². The van der Waals surface area contributed by atoms with Crippen molar-refractivity contribution in [3.8, 4) is 6.07 Å². The Balaban J connectivity index is 2.16. The maximum atomic E-state index is 8.43. The lowest BCUT2D eigenvalue weighted by Crippen LogP contribution is -2.33.